The van der Waals surface area contributed by atoms with Crippen molar-refractivity contribution in [1.29, 1.82) is 0 Å². The fraction of sp³-hybridized carbons (Fsp3) is 0.500. The second-order valence-electron chi connectivity index (χ2n) is 2.67. The molecule has 1 aliphatic rings. The van der Waals surface area contributed by atoms with Crippen molar-refractivity contribution in [3.05, 3.63) is 22.1 Å². The van der Waals surface area contributed by atoms with Gasteiger partial charge in [-0.1, -0.05) is 17.7 Å². The van der Waals surface area contributed by atoms with E-state index in [1.54, 1.807) is 11.8 Å². The van der Waals surface area contributed by atoms with Crippen LogP contribution in [0.3, 0.4) is 0 Å². The highest BCUT2D eigenvalue weighted by molar-refractivity contribution is 8.03. The highest BCUT2D eigenvalue weighted by Crippen LogP contribution is 2.30. The van der Waals surface area contributed by atoms with Crippen LogP contribution < -0.4 is 5.73 Å². The zero-order valence-corrected chi connectivity index (χ0v) is 8.08. The maximum atomic E-state index is 5.94. The van der Waals surface area contributed by atoms with Crippen LogP contribution in [-0.4, -0.2) is 11.8 Å². The van der Waals surface area contributed by atoms with Gasteiger partial charge in [-0.2, -0.15) is 0 Å². The molecule has 0 bridgehead atoms. The molecule has 1 unspecified atom stereocenters. The van der Waals surface area contributed by atoms with Crippen molar-refractivity contribution in [2.75, 3.05) is 5.75 Å². The first-order valence-electron chi connectivity index (χ1n) is 3.63. The van der Waals surface area contributed by atoms with Crippen LogP contribution in [0.15, 0.2) is 22.1 Å². The summed E-state index contributed by atoms with van der Waals surface area (Å²) in [6, 6.07) is 0.206. The second-order valence-corrected chi connectivity index (χ2v) is 4.19. The number of rotatable bonds is 2. The lowest BCUT2D eigenvalue weighted by Gasteiger charge is -2.12. The Bertz CT molecular complexity index is 196. The van der Waals surface area contributed by atoms with Crippen LogP contribution in [0.25, 0.3) is 0 Å². The molecule has 0 aromatic rings. The van der Waals surface area contributed by atoms with Gasteiger partial charge in [-0.25, -0.2) is 0 Å². The molecule has 1 heterocycles. The van der Waals surface area contributed by atoms with Gasteiger partial charge in [-0.05, 0) is 19.4 Å². The number of hydrogen-bond acceptors (Lipinski definition) is 2. The minimum absolute atomic E-state index is 0.206. The Morgan fingerprint density at radius 1 is 1.82 bits per heavy atom. The Labute approximate surface area is 76.7 Å². The van der Waals surface area contributed by atoms with E-state index in [0.717, 1.165) is 17.2 Å². The van der Waals surface area contributed by atoms with Crippen LogP contribution in [0, 0.1) is 0 Å². The van der Waals surface area contributed by atoms with Gasteiger partial charge in [0.15, 0.2) is 0 Å². The quantitative estimate of drug-likeness (QED) is 0.723. The van der Waals surface area contributed by atoms with Gasteiger partial charge in [-0.3, -0.25) is 0 Å². The lowest BCUT2D eigenvalue weighted by Crippen LogP contribution is -2.15. The first kappa shape index (κ1) is 9.17. The topological polar surface area (TPSA) is 26.0 Å². The Morgan fingerprint density at radius 3 is 3.09 bits per heavy atom. The van der Waals surface area contributed by atoms with E-state index in [0.29, 0.717) is 0 Å². The van der Waals surface area contributed by atoms with E-state index in [9.17, 15) is 0 Å². The van der Waals surface area contributed by atoms with Crippen molar-refractivity contribution in [3.63, 3.8) is 0 Å². The first-order chi connectivity index (χ1) is 5.20. The summed E-state index contributed by atoms with van der Waals surface area (Å²) < 4.78 is 0. The molecule has 0 amide bonds. The molecule has 1 aliphatic heterocycles. The van der Waals surface area contributed by atoms with Gasteiger partial charge in [0.1, 0.15) is 0 Å². The maximum absolute atomic E-state index is 5.94. The van der Waals surface area contributed by atoms with Crippen LogP contribution in [-0.2, 0) is 0 Å². The van der Waals surface area contributed by atoms with E-state index >= 15 is 0 Å². The molecular formula is C8H12ClNS. The van der Waals surface area contributed by atoms with Crippen LogP contribution in [0.4, 0.5) is 0 Å². The third kappa shape index (κ3) is 2.89. The molecule has 62 valence electrons. The van der Waals surface area contributed by atoms with E-state index in [4.69, 9.17) is 17.3 Å². The molecule has 0 spiro atoms. The molecule has 0 saturated heterocycles. The number of halogens is 1. The monoisotopic (exact) mass is 189 g/mol. The fourth-order valence-corrected chi connectivity index (χ4v) is 2.22. The molecule has 1 atom stereocenters. The molecule has 3 heteroatoms. The average molecular weight is 190 g/mol. The Balaban J connectivity index is 2.60. The van der Waals surface area contributed by atoms with Crippen molar-refractivity contribution in [3.8, 4) is 0 Å². The summed E-state index contributed by atoms with van der Waals surface area (Å²) in [6.07, 6.45) is 4.92. The van der Waals surface area contributed by atoms with Crippen molar-refractivity contribution in [2.45, 2.75) is 19.4 Å². The van der Waals surface area contributed by atoms with Crippen LogP contribution in [0.5, 0.6) is 0 Å². The Morgan fingerprint density at radius 2 is 2.55 bits per heavy atom. The molecule has 0 saturated carbocycles. The second kappa shape index (κ2) is 4.19. The minimum Gasteiger partial charge on any atom is -0.328 e. The first-order valence-corrected chi connectivity index (χ1v) is 5.00. The lowest BCUT2D eigenvalue weighted by atomic mass is 10.2. The van der Waals surface area contributed by atoms with E-state index < -0.39 is 0 Å². The summed E-state index contributed by atoms with van der Waals surface area (Å²) in [7, 11) is 0. The molecule has 0 fully saturated rings. The van der Waals surface area contributed by atoms with Crippen LogP contribution in [0.2, 0.25) is 0 Å². The molecular weight excluding hydrogens is 178 g/mol. The van der Waals surface area contributed by atoms with E-state index in [-0.39, 0.29) is 6.04 Å². The van der Waals surface area contributed by atoms with E-state index in [2.05, 4.69) is 6.08 Å². The summed E-state index contributed by atoms with van der Waals surface area (Å²) in [4.78, 5) is 1.23. The van der Waals surface area contributed by atoms with E-state index in [1.807, 2.05) is 13.0 Å². The summed E-state index contributed by atoms with van der Waals surface area (Å²) in [5.74, 6) is 1.03. The largest absolute Gasteiger partial charge is 0.328 e. The third-order valence-electron chi connectivity index (χ3n) is 1.39. The minimum atomic E-state index is 0.206. The maximum Gasteiger partial charge on any atom is 0.0498 e. The summed E-state index contributed by atoms with van der Waals surface area (Å²) in [5.41, 5.74) is 5.66. The molecule has 1 rings (SSSR count). The summed E-state index contributed by atoms with van der Waals surface area (Å²) in [6.45, 7) is 2.00. The smallest absolute Gasteiger partial charge is 0.0498 e. The predicted molar refractivity (Wildman–Crippen MR) is 52.7 cm³/mol. The van der Waals surface area contributed by atoms with E-state index in [1.165, 1.54) is 4.91 Å². The number of thioether (sulfide) groups is 1. The van der Waals surface area contributed by atoms with Crippen LogP contribution >= 0.6 is 23.4 Å². The van der Waals surface area contributed by atoms with Gasteiger partial charge in [0, 0.05) is 21.7 Å². The molecule has 0 aromatic carbocycles. The molecule has 2 N–H and O–H groups in total. The summed E-state index contributed by atoms with van der Waals surface area (Å²) >= 11 is 7.72. The zero-order chi connectivity index (χ0) is 8.27. The van der Waals surface area contributed by atoms with Gasteiger partial charge in [0.05, 0.1) is 0 Å². The third-order valence-corrected chi connectivity index (χ3v) is 2.95. The molecule has 0 aliphatic carbocycles. The van der Waals surface area contributed by atoms with Crippen molar-refractivity contribution in [1.82, 2.24) is 0 Å². The van der Waals surface area contributed by atoms with Gasteiger partial charge in [0.25, 0.3) is 0 Å². The highest BCUT2D eigenvalue weighted by atomic mass is 35.5. The van der Waals surface area contributed by atoms with Crippen molar-refractivity contribution in [2.24, 2.45) is 5.73 Å². The SMILES string of the molecule is CC(N)CC1=C(Cl)C=CCS1. The number of nitrogens with two attached hydrogens (primary N) is 1. The number of allylic oxidation sites excluding steroid dienone is 2. The fourth-order valence-electron chi connectivity index (χ4n) is 0.911. The standard InChI is InChI=1S/C8H12ClNS/c1-6(10)5-8-7(9)3-2-4-11-8/h2-3,6H,4-5,10H2,1H3. The normalized spacial score (nSPS) is 20.6. The zero-order valence-electron chi connectivity index (χ0n) is 6.51. The van der Waals surface area contributed by atoms with Crippen molar-refractivity contribution < 1.29 is 0 Å². The van der Waals surface area contributed by atoms with Crippen LogP contribution in [0.1, 0.15) is 13.3 Å². The molecule has 0 aromatic heterocycles. The molecule has 1 nitrogen and oxygen atoms in total. The van der Waals surface area contributed by atoms with Crippen molar-refractivity contribution >= 4 is 23.4 Å². The Kier molecular flexibility index (Phi) is 3.49. The molecule has 11 heavy (non-hydrogen) atoms. The number of hydrogen-bond donors (Lipinski definition) is 1. The van der Waals surface area contributed by atoms with Gasteiger partial charge >= 0.3 is 0 Å². The lowest BCUT2D eigenvalue weighted by molar-refractivity contribution is 0.750. The van der Waals surface area contributed by atoms with Gasteiger partial charge in [0.2, 0.25) is 0 Å². The van der Waals surface area contributed by atoms with Gasteiger partial charge in [-0.15, -0.1) is 11.8 Å². The average Bonchev–Trinajstić information content (AvgIpc) is 1.93. The van der Waals surface area contributed by atoms with Gasteiger partial charge < -0.3 is 5.73 Å². The molecule has 0 radical (unpaired) electrons. The Hall–Kier alpha value is 0.0800. The highest BCUT2D eigenvalue weighted by Gasteiger charge is 2.08. The predicted octanol–water partition coefficient (Wildman–Crippen LogP) is 2.48. The summed E-state index contributed by atoms with van der Waals surface area (Å²) in [5, 5.41) is 0.860.